The highest BCUT2D eigenvalue weighted by Gasteiger charge is 2.18. The summed E-state index contributed by atoms with van der Waals surface area (Å²) in [6.07, 6.45) is 1.02. The molecule has 3 aromatic rings. The molecule has 1 N–H and O–H groups in total. The second-order valence-corrected chi connectivity index (χ2v) is 4.96. The fourth-order valence-electron chi connectivity index (χ4n) is 2.73. The van der Waals surface area contributed by atoms with Crippen molar-refractivity contribution in [2.75, 3.05) is 7.05 Å². The van der Waals surface area contributed by atoms with Crippen LogP contribution in [0.15, 0.2) is 59.0 Å². The average Bonchev–Trinajstić information content (AvgIpc) is 2.92. The molecule has 2 heteroatoms. The van der Waals surface area contributed by atoms with Crippen LogP contribution in [0.3, 0.4) is 0 Å². The van der Waals surface area contributed by atoms with Crippen molar-refractivity contribution in [2.45, 2.75) is 19.4 Å². The first-order valence-corrected chi connectivity index (χ1v) is 7.07. The topological polar surface area (TPSA) is 25.2 Å². The lowest BCUT2D eigenvalue weighted by atomic mass is 9.97. The van der Waals surface area contributed by atoms with Crippen LogP contribution in [0.25, 0.3) is 11.0 Å². The Morgan fingerprint density at radius 2 is 1.80 bits per heavy atom. The molecular weight excluding hydrogens is 246 g/mol. The van der Waals surface area contributed by atoms with Gasteiger partial charge in [-0.3, -0.25) is 0 Å². The predicted molar refractivity (Wildman–Crippen MR) is 82.9 cm³/mol. The van der Waals surface area contributed by atoms with E-state index in [0.717, 1.165) is 23.2 Å². The third-order valence-corrected chi connectivity index (χ3v) is 3.76. The molecule has 2 aromatic carbocycles. The van der Waals surface area contributed by atoms with Crippen LogP contribution >= 0.6 is 0 Å². The largest absolute Gasteiger partial charge is 0.459 e. The fourth-order valence-corrected chi connectivity index (χ4v) is 2.73. The van der Waals surface area contributed by atoms with Crippen LogP contribution in [0.4, 0.5) is 0 Å². The monoisotopic (exact) mass is 265 g/mol. The van der Waals surface area contributed by atoms with E-state index in [2.05, 4.69) is 48.6 Å². The summed E-state index contributed by atoms with van der Waals surface area (Å²) < 4.78 is 6.01. The van der Waals surface area contributed by atoms with Gasteiger partial charge in [0.2, 0.25) is 0 Å². The van der Waals surface area contributed by atoms with Gasteiger partial charge in [-0.2, -0.15) is 0 Å². The lowest BCUT2D eigenvalue weighted by Crippen LogP contribution is -2.18. The maximum Gasteiger partial charge on any atom is 0.134 e. The van der Waals surface area contributed by atoms with E-state index >= 15 is 0 Å². The number of rotatable bonds is 4. The van der Waals surface area contributed by atoms with Gasteiger partial charge in [-0.15, -0.1) is 0 Å². The Bertz CT molecular complexity index is 681. The van der Waals surface area contributed by atoms with E-state index in [4.69, 9.17) is 4.42 Å². The van der Waals surface area contributed by atoms with Gasteiger partial charge in [-0.05, 0) is 36.7 Å². The summed E-state index contributed by atoms with van der Waals surface area (Å²) in [5.41, 5.74) is 3.58. The lowest BCUT2D eigenvalue weighted by Gasteiger charge is -2.17. The lowest BCUT2D eigenvalue weighted by molar-refractivity contribution is 0.490. The van der Waals surface area contributed by atoms with Crippen LogP contribution in [0, 0.1) is 0 Å². The molecule has 20 heavy (non-hydrogen) atoms. The van der Waals surface area contributed by atoms with Crippen LogP contribution in [0.5, 0.6) is 0 Å². The van der Waals surface area contributed by atoms with Crippen LogP contribution in [-0.4, -0.2) is 7.05 Å². The van der Waals surface area contributed by atoms with Gasteiger partial charge in [0.1, 0.15) is 11.3 Å². The van der Waals surface area contributed by atoms with Crippen molar-refractivity contribution in [3.63, 3.8) is 0 Å². The number of hydrogen-bond acceptors (Lipinski definition) is 2. The molecule has 0 amide bonds. The minimum absolute atomic E-state index is 0.0959. The van der Waals surface area contributed by atoms with E-state index in [1.807, 2.05) is 25.2 Å². The molecule has 0 radical (unpaired) electrons. The van der Waals surface area contributed by atoms with E-state index in [1.165, 1.54) is 11.1 Å². The minimum Gasteiger partial charge on any atom is -0.459 e. The Morgan fingerprint density at radius 3 is 2.55 bits per heavy atom. The van der Waals surface area contributed by atoms with Gasteiger partial charge in [-0.25, -0.2) is 0 Å². The van der Waals surface area contributed by atoms with Crippen LogP contribution in [0.2, 0.25) is 0 Å². The first kappa shape index (κ1) is 12.9. The molecule has 0 aliphatic rings. The third kappa shape index (κ3) is 2.23. The summed E-state index contributed by atoms with van der Waals surface area (Å²) >= 11 is 0. The molecule has 102 valence electrons. The van der Waals surface area contributed by atoms with Crippen LogP contribution in [0.1, 0.15) is 29.9 Å². The SMILES string of the molecule is CCc1ccccc1C(NC)c1cc2ccccc2o1. The molecule has 0 bridgehead atoms. The predicted octanol–water partition coefficient (Wildman–Crippen LogP) is 4.30. The van der Waals surface area contributed by atoms with Gasteiger partial charge < -0.3 is 9.73 Å². The zero-order chi connectivity index (χ0) is 13.9. The number of nitrogens with one attached hydrogen (secondary N) is 1. The first-order valence-electron chi connectivity index (χ1n) is 7.07. The van der Waals surface area contributed by atoms with Gasteiger partial charge in [-0.1, -0.05) is 49.4 Å². The molecule has 0 spiro atoms. The molecule has 0 aliphatic heterocycles. The summed E-state index contributed by atoms with van der Waals surface area (Å²) in [5, 5.41) is 4.53. The quantitative estimate of drug-likeness (QED) is 0.760. The first-order chi connectivity index (χ1) is 9.83. The highest BCUT2D eigenvalue weighted by molar-refractivity contribution is 5.78. The summed E-state index contributed by atoms with van der Waals surface area (Å²) in [4.78, 5) is 0. The molecule has 3 rings (SSSR count). The Morgan fingerprint density at radius 1 is 1.05 bits per heavy atom. The molecule has 0 aliphatic carbocycles. The molecule has 1 unspecified atom stereocenters. The smallest absolute Gasteiger partial charge is 0.134 e. The molecule has 1 atom stereocenters. The summed E-state index contributed by atoms with van der Waals surface area (Å²) in [5.74, 6) is 0.967. The second-order valence-electron chi connectivity index (χ2n) is 4.96. The van der Waals surface area contributed by atoms with Crippen molar-refractivity contribution in [3.8, 4) is 0 Å². The zero-order valence-corrected chi connectivity index (χ0v) is 11.9. The van der Waals surface area contributed by atoms with Gasteiger partial charge in [0.05, 0.1) is 6.04 Å². The molecule has 1 aromatic heterocycles. The number of benzene rings is 2. The summed E-state index contributed by atoms with van der Waals surface area (Å²) in [7, 11) is 1.98. The molecule has 0 saturated carbocycles. The Labute approximate surface area is 119 Å². The highest BCUT2D eigenvalue weighted by atomic mass is 16.3. The van der Waals surface area contributed by atoms with Gasteiger partial charge >= 0.3 is 0 Å². The minimum atomic E-state index is 0.0959. The molecule has 2 nitrogen and oxygen atoms in total. The van der Waals surface area contributed by atoms with Crippen molar-refractivity contribution in [1.29, 1.82) is 0 Å². The van der Waals surface area contributed by atoms with E-state index < -0.39 is 0 Å². The van der Waals surface area contributed by atoms with Gasteiger partial charge in [0.25, 0.3) is 0 Å². The van der Waals surface area contributed by atoms with E-state index in [1.54, 1.807) is 0 Å². The summed E-state index contributed by atoms with van der Waals surface area (Å²) in [6.45, 7) is 2.18. The van der Waals surface area contributed by atoms with E-state index in [-0.39, 0.29) is 6.04 Å². The number of aryl methyl sites for hydroxylation is 1. The Hall–Kier alpha value is -2.06. The third-order valence-electron chi connectivity index (χ3n) is 3.76. The molecular formula is C18H19NO. The average molecular weight is 265 g/mol. The molecule has 0 fully saturated rings. The zero-order valence-electron chi connectivity index (χ0n) is 11.9. The van der Waals surface area contributed by atoms with Crippen LogP contribution < -0.4 is 5.32 Å². The number of furan rings is 1. The number of hydrogen-bond donors (Lipinski definition) is 1. The van der Waals surface area contributed by atoms with Crippen LogP contribution in [-0.2, 0) is 6.42 Å². The number of fused-ring (bicyclic) bond motifs is 1. The van der Waals surface area contributed by atoms with Gasteiger partial charge in [0.15, 0.2) is 0 Å². The van der Waals surface area contributed by atoms with Crippen molar-refractivity contribution in [2.24, 2.45) is 0 Å². The Balaban J connectivity index is 2.09. The standard InChI is InChI=1S/C18H19NO/c1-3-13-8-4-6-10-15(13)18(19-2)17-12-14-9-5-7-11-16(14)20-17/h4-12,18-19H,3H2,1-2H3. The van der Waals surface area contributed by atoms with Crippen molar-refractivity contribution < 1.29 is 4.42 Å². The second kappa shape index (κ2) is 5.51. The fraction of sp³-hybridized carbons (Fsp3) is 0.222. The molecule has 1 heterocycles. The highest BCUT2D eigenvalue weighted by Crippen LogP contribution is 2.29. The normalized spacial score (nSPS) is 12.7. The van der Waals surface area contributed by atoms with Gasteiger partial charge in [0, 0.05) is 5.39 Å². The van der Waals surface area contributed by atoms with Crippen molar-refractivity contribution >= 4 is 11.0 Å². The number of para-hydroxylation sites is 1. The summed E-state index contributed by atoms with van der Waals surface area (Å²) in [6, 6.07) is 18.9. The Kier molecular flexibility index (Phi) is 3.57. The van der Waals surface area contributed by atoms with Crippen molar-refractivity contribution in [3.05, 3.63) is 71.5 Å². The van der Waals surface area contributed by atoms with E-state index in [0.29, 0.717) is 0 Å². The van der Waals surface area contributed by atoms with E-state index in [9.17, 15) is 0 Å². The van der Waals surface area contributed by atoms with Crippen molar-refractivity contribution in [1.82, 2.24) is 5.32 Å². The maximum absolute atomic E-state index is 6.01. The maximum atomic E-state index is 6.01. The molecule has 0 saturated heterocycles.